The lowest BCUT2D eigenvalue weighted by Gasteiger charge is -2.28. The number of aromatic nitrogens is 4. The van der Waals surface area contributed by atoms with Gasteiger partial charge in [0.1, 0.15) is 17.0 Å². The minimum absolute atomic E-state index is 0.168. The van der Waals surface area contributed by atoms with Crippen LogP contribution in [-0.4, -0.2) is 61.5 Å². The van der Waals surface area contributed by atoms with Gasteiger partial charge in [0, 0.05) is 37.2 Å². The molecule has 7 nitrogen and oxygen atoms in total. The first-order chi connectivity index (χ1) is 17.0. The molecule has 182 valence electrons. The Kier molecular flexibility index (Phi) is 6.40. The van der Waals surface area contributed by atoms with Gasteiger partial charge in [-0.1, -0.05) is 32.1 Å². The van der Waals surface area contributed by atoms with Gasteiger partial charge < -0.3 is 15.2 Å². The van der Waals surface area contributed by atoms with Crippen molar-refractivity contribution in [3.05, 3.63) is 59.7 Å². The van der Waals surface area contributed by atoms with Crippen LogP contribution in [0.4, 0.5) is 4.39 Å². The zero-order chi connectivity index (χ0) is 24.5. The number of benzene rings is 2. The molecule has 2 aromatic carbocycles. The van der Waals surface area contributed by atoms with E-state index in [1.807, 2.05) is 26.1 Å². The van der Waals surface area contributed by atoms with Gasteiger partial charge in [-0.2, -0.15) is 5.10 Å². The van der Waals surface area contributed by atoms with Crippen molar-refractivity contribution in [2.75, 3.05) is 26.2 Å². The highest BCUT2D eigenvalue weighted by molar-refractivity contribution is 5.95. The van der Waals surface area contributed by atoms with Crippen molar-refractivity contribution in [2.45, 2.75) is 26.7 Å². The first kappa shape index (κ1) is 23.3. The maximum atomic E-state index is 15.6. The Morgan fingerprint density at radius 2 is 2.03 bits per heavy atom. The molecule has 3 heterocycles. The summed E-state index contributed by atoms with van der Waals surface area (Å²) in [6, 6.07) is 8.61. The van der Waals surface area contributed by atoms with Crippen molar-refractivity contribution in [1.29, 1.82) is 0 Å². The number of aromatic hydroxyl groups is 1. The summed E-state index contributed by atoms with van der Waals surface area (Å²) in [5.41, 5.74) is 5.07. The van der Waals surface area contributed by atoms with Crippen molar-refractivity contribution in [2.24, 2.45) is 5.92 Å². The molecule has 0 radical (unpaired) electrons. The van der Waals surface area contributed by atoms with Gasteiger partial charge >= 0.3 is 0 Å². The van der Waals surface area contributed by atoms with Crippen molar-refractivity contribution in [1.82, 2.24) is 25.1 Å². The molecule has 1 aliphatic heterocycles. The van der Waals surface area contributed by atoms with Crippen LogP contribution in [0.3, 0.4) is 0 Å². The Morgan fingerprint density at radius 1 is 1.20 bits per heavy atom. The number of hydrogen-bond donors (Lipinski definition) is 4. The van der Waals surface area contributed by atoms with E-state index in [4.69, 9.17) is 0 Å². The quantitative estimate of drug-likeness (QED) is 0.309. The van der Waals surface area contributed by atoms with Crippen molar-refractivity contribution in [3.63, 3.8) is 0 Å². The topological polar surface area (TPSA) is 101 Å². The van der Waals surface area contributed by atoms with Crippen LogP contribution in [0.1, 0.15) is 31.5 Å². The summed E-state index contributed by atoms with van der Waals surface area (Å²) in [5, 5.41) is 27.1. The molecule has 5 rings (SSSR count). The van der Waals surface area contributed by atoms with Gasteiger partial charge in [0.05, 0.1) is 11.9 Å². The number of aliphatic hydroxyl groups is 1. The third-order valence-electron chi connectivity index (χ3n) is 6.70. The van der Waals surface area contributed by atoms with E-state index < -0.39 is 5.82 Å². The molecule has 0 amide bonds. The van der Waals surface area contributed by atoms with Crippen LogP contribution in [0, 0.1) is 11.7 Å². The number of H-pyrrole nitrogens is 2. The number of nitrogens with zero attached hydrogens (tertiary/aromatic N) is 3. The van der Waals surface area contributed by atoms with E-state index in [1.165, 1.54) is 0 Å². The van der Waals surface area contributed by atoms with Crippen LogP contribution in [0.2, 0.25) is 0 Å². The molecule has 0 aliphatic carbocycles. The van der Waals surface area contributed by atoms with Crippen molar-refractivity contribution >= 4 is 16.5 Å². The molecule has 0 bridgehead atoms. The van der Waals surface area contributed by atoms with Gasteiger partial charge in [-0.3, -0.25) is 10.00 Å². The first-order valence-corrected chi connectivity index (χ1v) is 12.0. The summed E-state index contributed by atoms with van der Waals surface area (Å²) in [5.74, 6) is 0.607. The zero-order valence-electron chi connectivity index (χ0n) is 20.0. The standard InChI is InChI=1S/C27H30FN5O2/c1-3-17-11-19(35)6-7-20(17)21-8-9-22-25(24(21)28)31-32-26(22)27-29-12-23(30-27)18-5-4-10-33(14-18)13-16(2)15-34/h5-9,11-12,16,34-35H,3-4,10,13-15H2,1-2H3,(H,29,30)(H,31,32)/t16-/m0/s1. The zero-order valence-corrected chi connectivity index (χ0v) is 20.0. The number of phenols is 1. The molecule has 0 saturated heterocycles. The number of nitrogens with one attached hydrogen (secondary N) is 2. The fourth-order valence-corrected chi connectivity index (χ4v) is 4.84. The molecule has 2 aromatic heterocycles. The van der Waals surface area contributed by atoms with Crippen LogP contribution in [0.5, 0.6) is 5.75 Å². The highest BCUT2D eigenvalue weighted by Crippen LogP contribution is 2.35. The summed E-state index contributed by atoms with van der Waals surface area (Å²) in [7, 11) is 0. The number of aromatic amines is 2. The lowest BCUT2D eigenvalue weighted by atomic mass is 9.96. The van der Waals surface area contributed by atoms with Gasteiger partial charge in [-0.05, 0) is 53.7 Å². The summed E-state index contributed by atoms with van der Waals surface area (Å²) in [6.07, 6.45) is 5.65. The highest BCUT2D eigenvalue weighted by atomic mass is 19.1. The normalized spacial score (nSPS) is 15.5. The maximum absolute atomic E-state index is 15.6. The predicted molar refractivity (Wildman–Crippen MR) is 135 cm³/mol. The van der Waals surface area contributed by atoms with E-state index in [1.54, 1.807) is 24.3 Å². The number of hydrogen-bond acceptors (Lipinski definition) is 5. The molecule has 4 N–H and O–H groups in total. The molecule has 4 aromatic rings. The van der Waals surface area contributed by atoms with E-state index >= 15 is 4.39 Å². The third-order valence-corrected chi connectivity index (χ3v) is 6.70. The molecule has 8 heteroatoms. The predicted octanol–water partition coefficient (Wildman–Crippen LogP) is 4.74. The van der Waals surface area contributed by atoms with Crippen LogP contribution in [-0.2, 0) is 6.42 Å². The maximum Gasteiger partial charge on any atom is 0.159 e. The van der Waals surface area contributed by atoms with Gasteiger partial charge in [0.2, 0.25) is 0 Å². The Labute approximate surface area is 203 Å². The largest absolute Gasteiger partial charge is 0.508 e. The lowest BCUT2D eigenvalue weighted by molar-refractivity contribution is 0.182. The third kappa shape index (κ3) is 4.47. The lowest BCUT2D eigenvalue weighted by Crippen LogP contribution is -2.34. The number of aliphatic hydroxyl groups excluding tert-OH is 1. The van der Waals surface area contributed by atoms with E-state index in [-0.39, 0.29) is 23.8 Å². The van der Waals surface area contributed by atoms with E-state index in [2.05, 4.69) is 31.1 Å². The Bertz CT molecular complexity index is 1390. The molecule has 1 atom stereocenters. The summed E-state index contributed by atoms with van der Waals surface area (Å²) < 4.78 is 15.6. The monoisotopic (exact) mass is 475 g/mol. The van der Waals surface area contributed by atoms with Gasteiger partial charge in [0.15, 0.2) is 11.6 Å². The molecule has 35 heavy (non-hydrogen) atoms. The number of aryl methyl sites for hydroxylation is 1. The average molecular weight is 476 g/mol. The van der Waals surface area contributed by atoms with Crippen LogP contribution >= 0.6 is 0 Å². The number of halogens is 1. The number of rotatable bonds is 7. The first-order valence-electron chi connectivity index (χ1n) is 12.0. The Morgan fingerprint density at radius 3 is 2.83 bits per heavy atom. The Hall–Kier alpha value is -3.49. The van der Waals surface area contributed by atoms with E-state index in [9.17, 15) is 10.2 Å². The second-order valence-corrected chi connectivity index (χ2v) is 9.30. The fraction of sp³-hybridized carbons (Fsp3) is 0.333. The molecule has 0 unspecified atom stereocenters. The van der Waals surface area contributed by atoms with Crippen LogP contribution in [0.15, 0.2) is 42.6 Å². The van der Waals surface area contributed by atoms with Crippen molar-refractivity contribution < 1.29 is 14.6 Å². The van der Waals surface area contributed by atoms with Crippen LogP contribution < -0.4 is 0 Å². The van der Waals surface area contributed by atoms with E-state index in [0.29, 0.717) is 28.9 Å². The minimum Gasteiger partial charge on any atom is -0.508 e. The molecule has 0 spiro atoms. The minimum atomic E-state index is -0.402. The second kappa shape index (κ2) is 9.64. The molecular weight excluding hydrogens is 445 g/mol. The number of imidazole rings is 1. The summed E-state index contributed by atoms with van der Waals surface area (Å²) in [6.45, 7) is 6.82. The van der Waals surface area contributed by atoms with Gasteiger partial charge in [0.25, 0.3) is 0 Å². The highest BCUT2D eigenvalue weighted by Gasteiger charge is 2.21. The number of fused-ring (bicyclic) bond motifs is 1. The van der Waals surface area contributed by atoms with Crippen LogP contribution in [0.25, 0.3) is 39.1 Å². The summed E-state index contributed by atoms with van der Waals surface area (Å²) >= 11 is 0. The molecular formula is C27H30FN5O2. The molecule has 0 saturated carbocycles. The Balaban J connectivity index is 1.44. The SMILES string of the molecule is CCc1cc(O)ccc1-c1ccc2c(-c3ncc(C4=CCCN(C[C@H](C)CO)C4)[nH]3)[nH]nc2c1F. The number of phenolic OH excluding ortho intramolecular Hbond substituents is 1. The smallest absolute Gasteiger partial charge is 0.159 e. The van der Waals surface area contributed by atoms with Crippen molar-refractivity contribution in [3.8, 4) is 28.4 Å². The van der Waals surface area contributed by atoms with E-state index in [0.717, 1.165) is 48.4 Å². The van der Waals surface area contributed by atoms with Gasteiger partial charge in [-0.15, -0.1) is 0 Å². The fourth-order valence-electron chi connectivity index (χ4n) is 4.84. The second-order valence-electron chi connectivity index (χ2n) is 9.30. The summed E-state index contributed by atoms with van der Waals surface area (Å²) in [4.78, 5) is 10.3. The molecule has 0 fully saturated rings. The average Bonchev–Trinajstić information content (AvgIpc) is 3.52. The molecule has 1 aliphatic rings. The van der Waals surface area contributed by atoms with Gasteiger partial charge in [-0.25, -0.2) is 9.37 Å².